The Morgan fingerprint density at radius 3 is 2.61 bits per heavy atom. The van der Waals surface area contributed by atoms with Gasteiger partial charge in [0.2, 0.25) is 0 Å². The van der Waals surface area contributed by atoms with Crippen LogP contribution >= 0.6 is 15.9 Å². The first kappa shape index (κ1) is 24.5. The van der Waals surface area contributed by atoms with Gasteiger partial charge < -0.3 is 4.74 Å². The molecule has 3 heterocycles. The molecule has 0 aliphatic heterocycles. The van der Waals surface area contributed by atoms with E-state index in [0.29, 0.717) is 22.3 Å². The first-order chi connectivity index (χ1) is 17.2. The van der Waals surface area contributed by atoms with Crippen LogP contribution in [0.5, 0.6) is 5.75 Å². The lowest BCUT2D eigenvalue weighted by Crippen LogP contribution is -2.28. The van der Waals surface area contributed by atoms with Crippen molar-refractivity contribution in [2.75, 3.05) is 7.11 Å². The van der Waals surface area contributed by atoms with E-state index >= 15 is 0 Å². The van der Waals surface area contributed by atoms with Crippen LogP contribution in [0.15, 0.2) is 47.8 Å². The Hall–Kier alpha value is -3.21. The number of rotatable bonds is 7. The molecule has 3 aromatic heterocycles. The summed E-state index contributed by atoms with van der Waals surface area (Å²) in [7, 11) is 1.56. The van der Waals surface area contributed by atoms with Crippen LogP contribution in [0, 0.1) is 5.92 Å². The summed E-state index contributed by atoms with van der Waals surface area (Å²) in [5.41, 5.74) is 0.335. The molecule has 0 saturated heterocycles. The molecular weight excluding hydrogens is 539 g/mol. The molecule has 1 aromatic carbocycles. The van der Waals surface area contributed by atoms with Gasteiger partial charge in [-0.05, 0) is 49.4 Å². The fraction of sp³-hybridized carbons (Fsp3) is 0.360. The monoisotopic (exact) mass is 561 g/mol. The molecule has 11 heteroatoms. The van der Waals surface area contributed by atoms with Crippen LogP contribution in [-0.4, -0.2) is 31.4 Å². The lowest BCUT2D eigenvalue weighted by Gasteiger charge is -2.20. The smallest absolute Gasteiger partial charge is 0.435 e. The van der Waals surface area contributed by atoms with Crippen LogP contribution in [0.4, 0.5) is 13.2 Å². The van der Waals surface area contributed by atoms with Gasteiger partial charge in [0.15, 0.2) is 5.69 Å². The van der Waals surface area contributed by atoms with Gasteiger partial charge in [-0.3, -0.25) is 19.0 Å². The largest absolute Gasteiger partial charge is 0.497 e. The molecule has 36 heavy (non-hydrogen) atoms. The van der Waals surface area contributed by atoms with Gasteiger partial charge in [0.1, 0.15) is 5.75 Å². The molecule has 1 atom stereocenters. The van der Waals surface area contributed by atoms with Crippen molar-refractivity contribution in [3.05, 3.63) is 70.3 Å². The second-order valence-electron chi connectivity index (χ2n) is 8.78. The second kappa shape index (κ2) is 9.34. The van der Waals surface area contributed by atoms with E-state index in [1.807, 2.05) is 0 Å². The number of methoxy groups -OCH3 is 1. The topological polar surface area (TPSA) is 74.8 Å². The summed E-state index contributed by atoms with van der Waals surface area (Å²) in [5.74, 6) is 0.837. The van der Waals surface area contributed by atoms with Crippen LogP contribution in [-0.2, 0) is 18.1 Å². The Balaban J connectivity index is 1.74. The number of hydrogen-bond acceptors (Lipinski definition) is 5. The fourth-order valence-corrected chi connectivity index (χ4v) is 4.84. The van der Waals surface area contributed by atoms with E-state index in [-0.39, 0.29) is 46.1 Å². The highest BCUT2D eigenvalue weighted by molar-refractivity contribution is 9.08. The van der Waals surface area contributed by atoms with Crippen LogP contribution in [0.2, 0.25) is 0 Å². The highest BCUT2D eigenvalue weighted by Gasteiger charge is 2.39. The molecule has 188 valence electrons. The third-order valence-corrected chi connectivity index (χ3v) is 7.05. The van der Waals surface area contributed by atoms with Crippen molar-refractivity contribution in [3.63, 3.8) is 0 Å². The zero-order chi connectivity index (χ0) is 25.6. The van der Waals surface area contributed by atoms with E-state index in [1.54, 1.807) is 49.1 Å². The Labute approximate surface area is 213 Å². The number of pyridine rings is 1. The van der Waals surface area contributed by atoms with Crippen molar-refractivity contribution in [1.82, 2.24) is 24.3 Å². The van der Waals surface area contributed by atoms with E-state index < -0.39 is 11.9 Å². The van der Waals surface area contributed by atoms with Crippen molar-refractivity contribution in [1.29, 1.82) is 0 Å². The lowest BCUT2D eigenvalue weighted by molar-refractivity contribution is -0.141. The molecule has 1 fully saturated rings. The van der Waals surface area contributed by atoms with Gasteiger partial charge in [0, 0.05) is 41.5 Å². The van der Waals surface area contributed by atoms with Gasteiger partial charge in [-0.25, -0.2) is 4.98 Å². The number of nitrogens with zero attached hydrogens (tertiary/aromatic N) is 5. The number of alkyl halides is 4. The molecule has 5 rings (SSSR count). The molecular formula is C25H23BrF3N5O2. The van der Waals surface area contributed by atoms with Crippen molar-refractivity contribution in [2.45, 2.75) is 43.9 Å². The zero-order valence-corrected chi connectivity index (χ0v) is 21.2. The summed E-state index contributed by atoms with van der Waals surface area (Å²) in [6.07, 6.45) is 1.63. The van der Waals surface area contributed by atoms with Gasteiger partial charge in [-0.1, -0.05) is 15.9 Å². The van der Waals surface area contributed by atoms with Gasteiger partial charge in [-0.2, -0.15) is 18.3 Å². The Kier molecular flexibility index (Phi) is 6.36. The lowest BCUT2D eigenvalue weighted by atomic mass is 9.99. The summed E-state index contributed by atoms with van der Waals surface area (Å²) < 4.78 is 49.7. The minimum Gasteiger partial charge on any atom is -0.497 e. The predicted octanol–water partition coefficient (Wildman–Crippen LogP) is 5.60. The molecule has 0 N–H and O–H groups in total. The predicted molar refractivity (Wildman–Crippen MR) is 132 cm³/mol. The SMILES string of the molecule is CCn1cc(-c2cc(CBr)cc3c(=O)n(C(c4cc(OC)ccn4)C4CC4)cnc23)c(C(F)(F)F)n1. The number of ether oxygens (including phenoxy) is 1. The number of halogens is 4. The van der Waals surface area contributed by atoms with E-state index in [0.717, 1.165) is 12.8 Å². The fourth-order valence-electron chi connectivity index (χ4n) is 4.52. The molecule has 1 saturated carbocycles. The molecule has 7 nitrogen and oxygen atoms in total. The van der Waals surface area contributed by atoms with Gasteiger partial charge in [-0.15, -0.1) is 0 Å². The molecule has 1 unspecified atom stereocenters. The third-order valence-electron chi connectivity index (χ3n) is 6.40. The number of hydrogen-bond donors (Lipinski definition) is 0. The molecule has 1 aliphatic carbocycles. The van der Waals surface area contributed by atoms with Crippen LogP contribution in [0.1, 0.15) is 42.8 Å². The average Bonchev–Trinajstić information content (AvgIpc) is 3.60. The number of aromatic nitrogens is 5. The Morgan fingerprint density at radius 2 is 1.97 bits per heavy atom. The number of benzene rings is 1. The van der Waals surface area contributed by atoms with Gasteiger partial charge in [0.05, 0.1) is 36.1 Å². The summed E-state index contributed by atoms with van der Waals surface area (Å²) >= 11 is 3.39. The number of fused-ring (bicyclic) bond motifs is 1. The summed E-state index contributed by atoms with van der Waals surface area (Å²) in [6, 6.07) is 6.49. The second-order valence-corrected chi connectivity index (χ2v) is 9.34. The van der Waals surface area contributed by atoms with Crippen molar-refractivity contribution >= 4 is 26.8 Å². The van der Waals surface area contributed by atoms with E-state index in [2.05, 4.69) is 31.0 Å². The molecule has 0 bridgehead atoms. The van der Waals surface area contributed by atoms with E-state index in [9.17, 15) is 18.0 Å². The first-order valence-corrected chi connectivity index (χ1v) is 12.6. The van der Waals surface area contributed by atoms with Gasteiger partial charge in [0.25, 0.3) is 5.56 Å². The standard InChI is InChI=1S/C25H23BrF3N5O2/c1-3-33-12-19(23(32-33)25(27,28)29)17-8-14(11-26)9-18-21(17)31-13-34(24(18)35)22(15-4-5-15)20-10-16(36-2)6-7-30-20/h6-10,12-13,15,22H,3-5,11H2,1-2H3. The highest BCUT2D eigenvalue weighted by atomic mass is 79.9. The first-order valence-electron chi connectivity index (χ1n) is 11.5. The molecule has 4 aromatic rings. The van der Waals surface area contributed by atoms with Gasteiger partial charge >= 0.3 is 6.18 Å². The molecule has 0 spiro atoms. The normalized spacial score (nSPS) is 14.8. The maximum atomic E-state index is 13.9. The highest BCUT2D eigenvalue weighted by Crippen LogP contribution is 2.43. The minimum atomic E-state index is -4.66. The molecule has 1 aliphatic rings. The quantitative estimate of drug-likeness (QED) is 0.275. The van der Waals surface area contributed by atoms with Crippen molar-refractivity contribution in [3.8, 4) is 16.9 Å². The van der Waals surface area contributed by atoms with E-state index in [1.165, 1.54) is 17.2 Å². The third kappa shape index (κ3) is 4.40. The minimum absolute atomic E-state index is 0.102. The van der Waals surface area contributed by atoms with Crippen LogP contribution in [0.3, 0.4) is 0 Å². The molecule has 0 radical (unpaired) electrons. The summed E-state index contributed by atoms with van der Waals surface area (Å²) in [6.45, 7) is 1.99. The zero-order valence-electron chi connectivity index (χ0n) is 19.6. The summed E-state index contributed by atoms with van der Waals surface area (Å²) in [4.78, 5) is 22.9. The summed E-state index contributed by atoms with van der Waals surface area (Å²) in [5, 5.41) is 4.35. The Bertz CT molecular complexity index is 1490. The van der Waals surface area contributed by atoms with Crippen molar-refractivity contribution in [2.24, 2.45) is 5.92 Å². The maximum absolute atomic E-state index is 13.9. The maximum Gasteiger partial charge on any atom is 0.435 e. The van der Waals surface area contributed by atoms with Crippen LogP contribution in [0.25, 0.3) is 22.0 Å². The Morgan fingerprint density at radius 1 is 1.19 bits per heavy atom. The van der Waals surface area contributed by atoms with Crippen LogP contribution < -0.4 is 10.3 Å². The number of aryl methyl sites for hydroxylation is 1. The average molecular weight is 562 g/mol. The van der Waals surface area contributed by atoms with Crippen molar-refractivity contribution < 1.29 is 17.9 Å². The molecule has 0 amide bonds. The van der Waals surface area contributed by atoms with E-state index in [4.69, 9.17) is 4.74 Å².